The highest BCUT2D eigenvalue weighted by molar-refractivity contribution is 6.42. The van der Waals surface area contributed by atoms with Crippen LogP contribution in [-0.4, -0.2) is 49.7 Å². The molecule has 2 unspecified atom stereocenters. The minimum absolute atomic E-state index is 0.0944. The van der Waals surface area contributed by atoms with E-state index >= 15 is 0 Å². The average Bonchev–Trinajstić information content (AvgIpc) is 2.85. The van der Waals surface area contributed by atoms with Gasteiger partial charge in [-0.25, -0.2) is 4.79 Å². The number of ether oxygens (including phenoxy) is 3. The molecular formula is C27H29Cl2NO6. The molecule has 0 amide bonds. The van der Waals surface area contributed by atoms with Gasteiger partial charge in [-0.15, -0.1) is 0 Å². The van der Waals surface area contributed by atoms with Gasteiger partial charge >= 0.3 is 11.9 Å². The predicted octanol–water partition coefficient (Wildman–Crippen LogP) is 5.16. The SMILES string of the molecule is COC(=O)C1C(C)=NC(C)=C(C(=O)OCCCOc2ccc(CCO)cc2)C1c1cccc(Cl)c1Cl. The van der Waals surface area contributed by atoms with E-state index in [4.69, 9.17) is 42.5 Å². The van der Waals surface area contributed by atoms with Gasteiger partial charge in [-0.3, -0.25) is 9.79 Å². The number of benzene rings is 2. The molecule has 1 heterocycles. The fourth-order valence-electron chi connectivity index (χ4n) is 4.20. The lowest BCUT2D eigenvalue weighted by molar-refractivity contribution is -0.144. The Balaban J connectivity index is 1.72. The number of nitrogens with zero attached hydrogens (tertiary/aromatic N) is 1. The van der Waals surface area contributed by atoms with Crippen molar-refractivity contribution in [2.45, 2.75) is 32.6 Å². The number of carbonyl (C=O) groups excluding carboxylic acids is 2. The molecule has 1 aliphatic rings. The van der Waals surface area contributed by atoms with Crippen LogP contribution >= 0.6 is 23.2 Å². The van der Waals surface area contributed by atoms with Gasteiger partial charge in [0.1, 0.15) is 11.7 Å². The summed E-state index contributed by atoms with van der Waals surface area (Å²) in [4.78, 5) is 30.4. The Bertz CT molecular complexity index is 1160. The molecule has 0 fully saturated rings. The predicted molar refractivity (Wildman–Crippen MR) is 139 cm³/mol. The third kappa shape index (κ3) is 6.46. The average molecular weight is 534 g/mol. The second-order valence-corrected chi connectivity index (χ2v) is 9.11. The van der Waals surface area contributed by atoms with E-state index in [0.29, 0.717) is 47.2 Å². The number of aliphatic imine (C=N–C) groups is 1. The number of esters is 2. The largest absolute Gasteiger partial charge is 0.493 e. The minimum Gasteiger partial charge on any atom is -0.493 e. The standard InChI is InChI=1S/C27H29Cl2NO6/c1-16-22(26(32)34-3)24(20-6-4-7-21(28)25(20)29)23(17(2)30-16)27(33)36-15-5-14-35-19-10-8-18(9-11-19)12-13-31/h4,6-11,22,24,31H,5,12-15H2,1-3H3. The van der Waals surface area contributed by atoms with E-state index in [9.17, 15) is 9.59 Å². The molecule has 192 valence electrons. The Morgan fingerprint density at radius 1 is 1.06 bits per heavy atom. The van der Waals surface area contributed by atoms with E-state index in [1.165, 1.54) is 7.11 Å². The van der Waals surface area contributed by atoms with Gasteiger partial charge in [0.2, 0.25) is 0 Å². The summed E-state index contributed by atoms with van der Waals surface area (Å²) >= 11 is 12.8. The van der Waals surface area contributed by atoms with Gasteiger partial charge < -0.3 is 19.3 Å². The van der Waals surface area contributed by atoms with E-state index in [1.807, 2.05) is 24.3 Å². The van der Waals surface area contributed by atoms with Crippen LogP contribution < -0.4 is 4.74 Å². The first kappa shape index (κ1) is 27.7. The fraction of sp³-hybridized carbons (Fsp3) is 0.370. The molecule has 0 saturated heterocycles. The molecule has 2 aromatic carbocycles. The summed E-state index contributed by atoms with van der Waals surface area (Å²) in [5.41, 5.74) is 2.73. The second-order valence-electron chi connectivity index (χ2n) is 8.33. The van der Waals surface area contributed by atoms with E-state index < -0.39 is 23.8 Å². The summed E-state index contributed by atoms with van der Waals surface area (Å²) in [6.07, 6.45) is 1.05. The van der Waals surface area contributed by atoms with E-state index in [1.54, 1.807) is 32.0 Å². The molecule has 2 aromatic rings. The summed E-state index contributed by atoms with van der Waals surface area (Å²) in [5, 5.41) is 9.56. The van der Waals surface area contributed by atoms with Crippen molar-refractivity contribution in [3.63, 3.8) is 0 Å². The first-order valence-corrected chi connectivity index (χ1v) is 12.3. The lowest BCUT2D eigenvalue weighted by Gasteiger charge is -2.32. The maximum Gasteiger partial charge on any atom is 0.336 e. The van der Waals surface area contributed by atoms with Crippen molar-refractivity contribution < 1.29 is 28.9 Å². The lowest BCUT2D eigenvalue weighted by atomic mass is 9.75. The zero-order valence-corrected chi connectivity index (χ0v) is 21.9. The highest BCUT2D eigenvalue weighted by Gasteiger charge is 2.43. The number of halogens is 2. The zero-order valence-electron chi connectivity index (χ0n) is 20.4. The van der Waals surface area contributed by atoms with E-state index in [2.05, 4.69) is 4.99 Å². The molecule has 0 radical (unpaired) electrons. The molecule has 2 atom stereocenters. The van der Waals surface area contributed by atoms with E-state index in [0.717, 1.165) is 5.56 Å². The highest BCUT2D eigenvalue weighted by Crippen LogP contribution is 2.44. The molecule has 0 spiro atoms. The molecule has 1 aliphatic heterocycles. The fourth-order valence-corrected chi connectivity index (χ4v) is 4.63. The van der Waals surface area contributed by atoms with Crippen LogP contribution in [0.3, 0.4) is 0 Å². The van der Waals surface area contributed by atoms with Gasteiger partial charge in [0.25, 0.3) is 0 Å². The number of carbonyl (C=O) groups is 2. The number of aliphatic hydroxyl groups excluding tert-OH is 1. The van der Waals surface area contributed by atoms with Crippen LogP contribution in [0.5, 0.6) is 5.75 Å². The molecular weight excluding hydrogens is 505 g/mol. The molecule has 7 nitrogen and oxygen atoms in total. The number of allylic oxidation sites excluding steroid dienone is 1. The number of hydrogen-bond acceptors (Lipinski definition) is 7. The van der Waals surface area contributed by atoms with Crippen molar-refractivity contribution in [2.24, 2.45) is 10.9 Å². The van der Waals surface area contributed by atoms with Gasteiger partial charge in [0, 0.05) is 30.4 Å². The highest BCUT2D eigenvalue weighted by atomic mass is 35.5. The van der Waals surface area contributed by atoms with Gasteiger partial charge in [-0.2, -0.15) is 0 Å². The van der Waals surface area contributed by atoms with Gasteiger partial charge in [0.05, 0.1) is 35.9 Å². The first-order chi connectivity index (χ1) is 17.3. The van der Waals surface area contributed by atoms with Gasteiger partial charge in [-0.1, -0.05) is 47.5 Å². The van der Waals surface area contributed by atoms with Crippen molar-refractivity contribution in [2.75, 3.05) is 26.9 Å². The van der Waals surface area contributed by atoms with Crippen LogP contribution in [0, 0.1) is 5.92 Å². The summed E-state index contributed by atoms with van der Waals surface area (Å²) < 4.78 is 16.3. The van der Waals surface area contributed by atoms with Crippen LogP contribution in [0.15, 0.2) is 58.7 Å². The van der Waals surface area contributed by atoms with Gasteiger partial charge in [-0.05, 0) is 49.6 Å². The Hall–Kier alpha value is -2.87. The lowest BCUT2D eigenvalue weighted by Crippen LogP contribution is -2.36. The maximum atomic E-state index is 13.2. The van der Waals surface area contributed by atoms with Crippen LogP contribution in [0.25, 0.3) is 0 Å². The summed E-state index contributed by atoms with van der Waals surface area (Å²) in [6, 6.07) is 12.5. The second kappa shape index (κ2) is 12.9. The van der Waals surface area contributed by atoms with Crippen LogP contribution in [-0.2, 0) is 25.5 Å². The molecule has 9 heteroatoms. The Kier molecular flexibility index (Phi) is 9.93. The summed E-state index contributed by atoms with van der Waals surface area (Å²) in [6.45, 7) is 3.96. The van der Waals surface area contributed by atoms with Crippen molar-refractivity contribution in [3.05, 3.63) is 74.9 Å². The Labute approximate surface area is 220 Å². The van der Waals surface area contributed by atoms with Crippen LogP contribution in [0.1, 0.15) is 37.3 Å². The molecule has 0 saturated carbocycles. The smallest absolute Gasteiger partial charge is 0.336 e. The maximum absolute atomic E-state index is 13.2. The van der Waals surface area contributed by atoms with E-state index in [-0.39, 0.29) is 23.8 Å². The Morgan fingerprint density at radius 2 is 1.78 bits per heavy atom. The normalized spacial score (nSPS) is 17.4. The van der Waals surface area contributed by atoms with Crippen molar-refractivity contribution in [1.29, 1.82) is 0 Å². The van der Waals surface area contributed by atoms with Crippen LogP contribution in [0.2, 0.25) is 10.0 Å². The van der Waals surface area contributed by atoms with Crippen molar-refractivity contribution >= 4 is 40.9 Å². The molecule has 0 aliphatic carbocycles. The molecule has 3 rings (SSSR count). The van der Waals surface area contributed by atoms with Crippen molar-refractivity contribution in [3.8, 4) is 5.75 Å². The number of methoxy groups -OCH3 is 1. The topological polar surface area (TPSA) is 94.4 Å². The number of hydrogen-bond donors (Lipinski definition) is 1. The molecule has 0 aromatic heterocycles. The Morgan fingerprint density at radius 3 is 2.44 bits per heavy atom. The number of rotatable bonds is 10. The van der Waals surface area contributed by atoms with Crippen molar-refractivity contribution in [1.82, 2.24) is 0 Å². The van der Waals surface area contributed by atoms with Crippen LogP contribution in [0.4, 0.5) is 0 Å². The number of aliphatic hydroxyl groups is 1. The zero-order chi connectivity index (χ0) is 26.2. The third-order valence-corrected chi connectivity index (χ3v) is 6.77. The monoisotopic (exact) mass is 533 g/mol. The third-order valence-electron chi connectivity index (χ3n) is 5.93. The quantitative estimate of drug-likeness (QED) is 0.334. The molecule has 36 heavy (non-hydrogen) atoms. The minimum atomic E-state index is -0.852. The van der Waals surface area contributed by atoms with Gasteiger partial charge in [0.15, 0.2) is 0 Å². The molecule has 1 N–H and O–H groups in total. The summed E-state index contributed by atoms with van der Waals surface area (Å²) in [5.74, 6) is -2.05. The summed E-state index contributed by atoms with van der Waals surface area (Å²) in [7, 11) is 1.29. The first-order valence-electron chi connectivity index (χ1n) is 11.6. The molecule has 0 bridgehead atoms.